The van der Waals surface area contributed by atoms with Crippen molar-refractivity contribution in [1.82, 2.24) is 4.98 Å². The molecular formula is C14H16N4O. The van der Waals surface area contributed by atoms with Crippen LogP contribution in [0.15, 0.2) is 47.8 Å². The summed E-state index contributed by atoms with van der Waals surface area (Å²) in [6.45, 7) is 2.60. The summed E-state index contributed by atoms with van der Waals surface area (Å²) >= 11 is 0. The van der Waals surface area contributed by atoms with Gasteiger partial charge in [-0.25, -0.2) is 0 Å². The average molecular weight is 256 g/mol. The molecule has 0 radical (unpaired) electrons. The molecule has 0 bridgehead atoms. The fourth-order valence-corrected chi connectivity index (χ4v) is 1.73. The monoisotopic (exact) mass is 256 g/mol. The van der Waals surface area contributed by atoms with Crippen LogP contribution in [0.3, 0.4) is 0 Å². The first-order valence-corrected chi connectivity index (χ1v) is 5.93. The first kappa shape index (κ1) is 12.9. The third-order valence-electron chi connectivity index (χ3n) is 2.78. The molecule has 0 fully saturated rings. The number of hydrogen-bond acceptors (Lipinski definition) is 4. The molecule has 98 valence electrons. The maximum atomic E-state index is 8.73. The second-order valence-corrected chi connectivity index (χ2v) is 4.22. The number of aryl methyl sites for hydroxylation is 1. The summed E-state index contributed by atoms with van der Waals surface area (Å²) in [5.41, 5.74) is 9.18. The molecule has 0 spiro atoms. The van der Waals surface area contributed by atoms with Crippen molar-refractivity contribution in [2.24, 2.45) is 10.9 Å². The summed E-state index contributed by atoms with van der Waals surface area (Å²) in [5.74, 6) is 0.0151. The van der Waals surface area contributed by atoms with Gasteiger partial charge in [-0.1, -0.05) is 28.9 Å². The zero-order valence-corrected chi connectivity index (χ0v) is 10.7. The summed E-state index contributed by atoms with van der Waals surface area (Å²) in [6.07, 6.45) is 1.61. The lowest BCUT2D eigenvalue weighted by atomic mass is 10.1. The van der Waals surface area contributed by atoms with E-state index in [0.29, 0.717) is 12.2 Å². The molecular weight excluding hydrogens is 240 g/mol. The number of nitrogens with zero attached hydrogens (tertiary/aromatic N) is 2. The Labute approximate surface area is 111 Å². The van der Waals surface area contributed by atoms with Gasteiger partial charge >= 0.3 is 0 Å². The zero-order valence-electron chi connectivity index (χ0n) is 10.7. The van der Waals surface area contributed by atoms with Gasteiger partial charge in [0, 0.05) is 24.0 Å². The quantitative estimate of drug-likeness (QED) is 0.338. The van der Waals surface area contributed by atoms with Crippen LogP contribution in [0.5, 0.6) is 0 Å². The van der Waals surface area contributed by atoms with Gasteiger partial charge in [0.15, 0.2) is 5.84 Å². The number of oxime groups is 1. The lowest BCUT2D eigenvalue weighted by Crippen LogP contribution is -2.18. The van der Waals surface area contributed by atoms with Crippen molar-refractivity contribution in [3.63, 3.8) is 0 Å². The molecule has 5 heteroatoms. The Kier molecular flexibility index (Phi) is 3.97. The van der Waals surface area contributed by atoms with Crippen molar-refractivity contribution in [3.05, 3.63) is 59.4 Å². The molecule has 0 aliphatic rings. The Morgan fingerprint density at radius 1 is 1.32 bits per heavy atom. The molecule has 1 aromatic carbocycles. The lowest BCUT2D eigenvalue weighted by molar-refractivity contribution is 0.318. The van der Waals surface area contributed by atoms with Crippen molar-refractivity contribution in [2.45, 2.75) is 13.5 Å². The maximum Gasteiger partial charge on any atom is 0.189 e. The first-order valence-electron chi connectivity index (χ1n) is 5.93. The van der Waals surface area contributed by atoms with E-state index in [9.17, 15) is 0 Å². The zero-order chi connectivity index (χ0) is 13.7. The number of amidine groups is 1. The number of hydrogen-bond donors (Lipinski definition) is 3. The second kappa shape index (κ2) is 5.86. The minimum atomic E-state index is 0.0151. The van der Waals surface area contributed by atoms with Crippen molar-refractivity contribution in [2.75, 3.05) is 5.32 Å². The molecule has 2 rings (SSSR count). The fraction of sp³-hybridized carbons (Fsp3) is 0.143. The van der Waals surface area contributed by atoms with Crippen LogP contribution in [0.1, 0.15) is 16.8 Å². The van der Waals surface area contributed by atoms with Gasteiger partial charge in [0.05, 0.1) is 0 Å². The van der Waals surface area contributed by atoms with Gasteiger partial charge in [-0.3, -0.25) is 4.98 Å². The van der Waals surface area contributed by atoms with E-state index in [1.54, 1.807) is 6.20 Å². The average Bonchev–Trinajstić information content (AvgIpc) is 2.46. The van der Waals surface area contributed by atoms with Crippen LogP contribution in [0.4, 0.5) is 5.69 Å². The van der Waals surface area contributed by atoms with E-state index in [4.69, 9.17) is 10.9 Å². The largest absolute Gasteiger partial charge is 0.409 e. The molecule has 0 aliphatic carbocycles. The van der Waals surface area contributed by atoms with Gasteiger partial charge in [0.2, 0.25) is 0 Å². The van der Waals surface area contributed by atoms with Crippen LogP contribution in [-0.4, -0.2) is 16.0 Å². The number of anilines is 1. The highest BCUT2D eigenvalue weighted by Gasteiger charge is 2.07. The molecule has 1 heterocycles. The van der Waals surface area contributed by atoms with Gasteiger partial charge in [0.25, 0.3) is 0 Å². The van der Waals surface area contributed by atoms with Crippen molar-refractivity contribution >= 4 is 11.5 Å². The van der Waals surface area contributed by atoms with Crippen LogP contribution < -0.4 is 11.1 Å². The number of rotatable bonds is 4. The molecule has 0 saturated carbocycles. The van der Waals surface area contributed by atoms with Crippen molar-refractivity contribution in [1.29, 1.82) is 0 Å². The van der Waals surface area contributed by atoms with Crippen LogP contribution in [0.2, 0.25) is 0 Å². The summed E-state index contributed by atoms with van der Waals surface area (Å²) in [4.78, 5) is 4.12. The Balaban J connectivity index is 2.13. The van der Waals surface area contributed by atoms with Gasteiger partial charge in [-0.2, -0.15) is 0 Å². The normalized spacial score (nSPS) is 11.3. The molecule has 0 amide bonds. The second-order valence-electron chi connectivity index (χ2n) is 4.22. The SMILES string of the molecule is Cc1ccc(NCc2cccnc2C(N)=NO)cc1. The van der Waals surface area contributed by atoms with E-state index in [2.05, 4.69) is 15.5 Å². The van der Waals surface area contributed by atoms with E-state index in [1.165, 1.54) is 5.56 Å². The van der Waals surface area contributed by atoms with E-state index in [-0.39, 0.29) is 5.84 Å². The number of pyridine rings is 1. The Hall–Kier alpha value is -2.56. The molecule has 2 aromatic rings. The van der Waals surface area contributed by atoms with Gasteiger partial charge in [-0.05, 0) is 25.1 Å². The van der Waals surface area contributed by atoms with Crippen LogP contribution >= 0.6 is 0 Å². The topological polar surface area (TPSA) is 83.5 Å². The number of aromatic nitrogens is 1. The Morgan fingerprint density at radius 2 is 2.05 bits per heavy atom. The van der Waals surface area contributed by atoms with E-state index in [0.717, 1.165) is 11.3 Å². The third-order valence-corrected chi connectivity index (χ3v) is 2.78. The third kappa shape index (κ3) is 3.22. The van der Waals surface area contributed by atoms with Gasteiger partial charge < -0.3 is 16.3 Å². The molecule has 1 aromatic heterocycles. The number of nitrogens with two attached hydrogens (primary N) is 1. The highest BCUT2D eigenvalue weighted by Crippen LogP contribution is 2.12. The summed E-state index contributed by atoms with van der Waals surface area (Å²) in [5, 5.41) is 15.0. The lowest BCUT2D eigenvalue weighted by Gasteiger charge is -2.09. The van der Waals surface area contributed by atoms with E-state index >= 15 is 0 Å². The van der Waals surface area contributed by atoms with Crippen LogP contribution in [0.25, 0.3) is 0 Å². The summed E-state index contributed by atoms with van der Waals surface area (Å²) < 4.78 is 0. The highest BCUT2D eigenvalue weighted by molar-refractivity contribution is 5.96. The predicted molar refractivity (Wildman–Crippen MR) is 75.3 cm³/mol. The minimum Gasteiger partial charge on any atom is -0.409 e. The smallest absolute Gasteiger partial charge is 0.189 e. The highest BCUT2D eigenvalue weighted by atomic mass is 16.4. The summed E-state index contributed by atoms with van der Waals surface area (Å²) in [7, 11) is 0. The molecule has 4 N–H and O–H groups in total. The van der Waals surface area contributed by atoms with Crippen LogP contribution in [-0.2, 0) is 6.54 Å². The molecule has 0 aliphatic heterocycles. The fourth-order valence-electron chi connectivity index (χ4n) is 1.73. The Bertz CT molecular complexity index is 578. The Morgan fingerprint density at radius 3 is 2.74 bits per heavy atom. The van der Waals surface area contributed by atoms with Gasteiger partial charge in [0.1, 0.15) is 5.69 Å². The number of nitrogens with one attached hydrogen (secondary N) is 1. The molecule has 0 unspecified atom stereocenters. The summed E-state index contributed by atoms with van der Waals surface area (Å²) in [6, 6.07) is 11.8. The molecule has 5 nitrogen and oxygen atoms in total. The van der Waals surface area contributed by atoms with Crippen LogP contribution in [0, 0.1) is 6.92 Å². The van der Waals surface area contributed by atoms with E-state index < -0.39 is 0 Å². The molecule has 19 heavy (non-hydrogen) atoms. The molecule has 0 saturated heterocycles. The predicted octanol–water partition coefficient (Wildman–Crippen LogP) is 2.10. The van der Waals surface area contributed by atoms with Crippen molar-refractivity contribution in [3.8, 4) is 0 Å². The molecule has 0 atom stereocenters. The van der Waals surface area contributed by atoms with E-state index in [1.807, 2.05) is 43.3 Å². The van der Waals surface area contributed by atoms with Crippen molar-refractivity contribution < 1.29 is 5.21 Å². The number of benzene rings is 1. The maximum absolute atomic E-state index is 8.73. The first-order chi connectivity index (χ1) is 9.20. The minimum absolute atomic E-state index is 0.0151. The standard InChI is InChI=1S/C14H16N4O/c1-10-4-6-12(7-5-10)17-9-11-3-2-8-16-13(11)14(15)18-19/h2-8,17,19H,9H2,1H3,(H2,15,18). The van der Waals surface area contributed by atoms with Gasteiger partial charge in [-0.15, -0.1) is 0 Å².